The maximum atomic E-state index is 10.5. The molecule has 0 radical (unpaired) electrons. The lowest BCUT2D eigenvalue weighted by molar-refractivity contribution is -0.131. The Balaban J connectivity index is 1.90. The molecule has 126 valence electrons. The highest BCUT2D eigenvalue weighted by Gasteiger charge is 2.20. The largest absolute Gasteiger partial charge is 0.478 e. The number of carbonyl (C=O) groups is 1. The van der Waals surface area contributed by atoms with Crippen molar-refractivity contribution in [3.05, 3.63) is 28.9 Å². The molecule has 0 spiro atoms. The zero-order valence-corrected chi connectivity index (χ0v) is 14.4. The van der Waals surface area contributed by atoms with E-state index in [-0.39, 0.29) is 0 Å². The zero-order valence-electron chi connectivity index (χ0n) is 13.6. The van der Waals surface area contributed by atoms with Crippen molar-refractivity contribution in [2.24, 2.45) is 5.92 Å². The molecule has 0 amide bonds. The van der Waals surface area contributed by atoms with Gasteiger partial charge in [0, 0.05) is 37.9 Å². The van der Waals surface area contributed by atoms with Gasteiger partial charge in [-0.1, -0.05) is 25.4 Å². The van der Waals surface area contributed by atoms with Gasteiger partial charge in [-0.15, -0.1) is 0 Å². The number of nitrogens with one attached hydrogen (secondary N) is 1. The summed E-state index contributed by atoms with van der Waals surface area (Å²) < 4.78 is 0. The SMILES string of the molecule is CC(C)CN1CCC(Nc2ncc(C=CC(=O)O)cc2Cl)CC1. The molecule has 23 heavy (non-hydrogen) atoms. The van der Waals surface area contributed by atoms with E-state index >= 15 is 0 Å². The molecule has 2 heterocycles. The number of aromatic nitrogens is 1. The van der Waals surface area contributed by atoms with Crippen LogP contribution in [0.4, 0.5) is 5.82 Å². The first kappa shape index (κ1) is 17.8. The Labute approximate surface area is 142 Å². The van der Waals surface area contributed by atoms with Crippen molar-refractivity contribution in [2.75, 3.05) is 25.0 Å². The van der Waals surface area contributed by atoms with Crippen LogP contribution in [-0.4, -0.2) is 46.6 Å². The van der Waals surface area contributed by atoms with E-state index in [0.29, 0.717) is 28.4 Å². The van der Waals surface area contributed by atoms with E-state index in [4.69, 9.17) is 16.7 Å². The Morgan fingerprint density at radius 1 is 1.52 bits per heavy atom. The smallest absolute Gasteiger partial charge is 0.328 e. The second-order valence-corrected chi connectivity index (χ2v) is 6.79. The van der Waals surface area contributed by atoms with Crippen molar-refractivity contribution in [2.45, 2.75) is 32.7 Å². The predicted octanol–water partition coefficient (Wildman–Crippen LogP) is 3.37. The summed E-state index contributed by atoms with van der Waals surface area (Å²) in [6, 6.07) is 2.10. The molecule has 2 N–H and O–H groups in total. The molecule has 5 nitrogen and oxygen atoms in total. The molecule has 2 rings (SSSR count). The maximum Gasteiger partial charge on any atom is 0.328 e. The fraction of sp³-hybridized carbons (Fsp3) is 0.529. The first-order valence-electron chi connectivity index (χ1n) is 7.99. The standard InChI is InChI=1S/C17H24ClN3O2/c1-12(2)11-21-7-5-14(6-8-21)20-17-15(18)9-13(10-19-17)3-4-16(22)23/h3-4,9-10,12,14H,5-8,11H2,1-2H3,(H,19,20)(H,22,23). The van der Waals surface area contributed by atoms with Crippen LogP contribution in [-0.2, 0) is 4.79 Å². The van der Waals surface area contributed by atoms with Crippen molar-refractivity contribution in [1.82, 2.24) is 9.88 Å². The molecule has 6 heteroatoms. The second-order valence-electron chi connectivity index (χ2n) is 6.38. The Morgan fingerprint density at radius 2 is 2.22 bits per heavy atom. The molecule has 1 saturated heterocycles. The van der Waals surface area contributed by atoms with Crippen LogP contribution in [0.2, 0.25) is 5.02 Å². The molecule has 1 aromatic rings. The van der Waals surface area contributed by atoms with Gasteiger partial charge in [0.2, 0.25) is 0 Å². The molecular formula is C17H24ClN3O2. The molecule has 0 bridgehead atoms. The number of aliphatic carboxylic acids is 1. The number of hydrogen-bond acceptors (Lipinski definition) is 4. The first-order chi connectivity index (χ1) is 10.9. The Kier molecular flexibility index (Phi) is 6.42. The summed E-state index contributed by atoms with van der Waals surface area (Å²) in [6.45, 7) is 7.82. The van der Waals surface area contributed by atoms with E-state index in [0.717, 1.165) is 38.6 Å². The molecule has 1 fully saturated rings. The molecule has 0 unspecified atom stereocenters. The topological polar surface area (TPSA) is 65.5 Å². The van der Waals surface area contributed by atoms with E-state index in [9.17, 15) is 4.79 Å². The number of pyridine rings is 1. The summed E-state index contributed by atoms with van der Waals surface area (Å²) in [5, 5.41) is 12.6. The Morgan fingerprint density at radius 3 is 2.78 bits per heavy atom. The van der Waals surface area contributed by atoms with Crippen molar-refractivity contribution >= 4 is 29.5 Å². The lowest BCUT2D eigenvalue weighted by Gasteiger charge is -2.33. The number of piperidine rings is 1. The Bertz CT molecular complexity index is 567. The highest BCUT2D eigenvalue weighted by atomic mass is 35.5. The fourth-order valence-electron chi connectivity index (χ4n) is 2.79. The van der Waals surface area contributed by atoms with Crippen LogP contribution in [0.15, 0.2) is 18.3 Å². The molecule has 0 atom stereocenters. The lowest BCUT2D eigenvalue weighted by atomic mass is 10.0. The van der Waals surface area contributed by atoms with Gasteiger partial charge in [-0.3, -0.25) is 0 Å². The van der Waals surface area contributed by atoms with Gasteiger partial charge in [0.15, 0.2) is 0 Å². The third-order valence-corrected chi connectivity index (χ3v) is 4.12. The van der Waals surface area contributed by atoms with Crippen molar-refractivity contribution in [3.63, 3.8) is 0 Å². The minimum Gasteiger partial charge on any atom is -0.478 e. The summed E-state index contributed by atoms with van der Waals surface area (Å²) in [7, 11) is 0. The average Bonchev–Trinajstić information content (AvgIpc) is 2.49. The predicted molar refractivity (Wildman–Crippen MR) is 93.8 cm³/mol. The highest BCUT2D eigenvalue weighted by molar-refractivity contribution is 6.33. The third-order valence-electron chi connectivity index (χ3n) is 3.83. The average molecular weight is 338 g/mol. The summed E-state index contributed by atoms with van der Waals surface area (Å²) in [6.07, 6.45) is 6.33. The summed E-state index contributed by atoms with van der Waals surface area (Å²) >= 11 is 6.24. The first-order valence-corrected chi connectivity index (χ1v) is 8.37. The van der Waals surface area contributed by atoms with Crippen LogP contribution in [0, 0.1) is 5.92 Å². The van der Waals surface area contributed by atoms with E-state index < -0.39 is 5.97 Å². The van der Waals surface area contributed by atoms with Gasteiger partial charge in [-0.05, 0) is 36.5 Å². The number of carboxylic acid groups (broad SMARTS) is 1. The van der Waals surface area contributed by atoms with E-state index in [1.165, 1.54) is 6.08 Å². The van der Waals surface area contributed by atoms with Crippen LogP contribution in [0.5, 0.6) is 0 Å². The van der Waals surface area contributed by atoms with Crippen LogP contribution in [0.3, 0.4) is 0 Å². The molecular weight excluding hydrogens is 314 g/mol. The number of carboxylic acids is 1. The van der Waals surface area contributed by atoms with Gasteiger partial charge >= 0.3 is 5.97 Å². The number of rotatable bonds is 6. The lowest BCUT2D eigenvalue weighted by Crippen LogP contribution is -2.40. The summed E-state index contributed by atoms with van der Waals surface area (Å²) in [4.78, 5) is 17.3. The Hall–Kier alpha value is -1.59. The van der Waals surface area contributed by atoms with Crippen LogP contribution >= 0.6 is 11.6 Å². The molecule has 1 aromatic heterocycles. The highest BCUT2D eigenvalue weighted by Crippen LogP contribution is 2.24. The zero-order chi connectivity index (χ0) is 16.8. The van der Waals surface area contributed by atoms with Crippen LogP contribution in [0.1, 0.15) is 32.3 Å². The summed E-state index contributed by atoms with van der Waals surface area (Å²) in [5.74, 6) is 0.375. The van der Waals surface area contributed by atoms with E-state index in [2.05, 4.69) is 29.0 Å². The maximum absolute atomic E-state index is 10.5. The number of anilines is 1. The molecule has 0 saturated carbocycles. The van der Waals surface area contributed by atoms with Crippen LogP contribution in [0.25, 0.3) is 6.08 Å². The molecule has 0 aromatic carbocycles. The monoisotopic (exact) mass is 337 g/mol. The van der Waals surface area contributed by atoms with E-state index in [1.807, 2.05) is 0 Å². The molecule has 1 aliphatic rings. The quantitative estimate of drug-likeness (QED) is 0.779. The minimum atomic E-state index is -0.989. The van der Waals surface area contributed by atoms with Gasteiger partial charge in [-0.25, -0.2) is 9.78 Å². The number of hydrogen-bond donors (Lipinski definition) is 2. The van der Waals surface area contributed by atoms with Gasteiger partial charge in [0.1, 0.15) is 5.82 Å². The molecule has 0 aliphatic carbocycles. The molecule has 1 aliphatic heterocycles. The van der Waals surface area contributed by atoms with Gasteiger partial charge in [0.25, 0.3) is 0 Å². The number of nitrogens with zero attached hydrogens (tertiary/aromatic N) is 2. The van der Waals surface area contributed by atoms with Gasteiger partial charge < -0.3 is 15.3 Å². The van der Waals surface area contributed by atoms with Gasteiger partial charge in [-0.2, -0.15) is 0 Å². The minimum absolute atomic E-state index is 0.379. The van der Waals surface area contributed by atoms with Crippen LogP contribution < -0.4 is 5.32 Å². The van der Waals surface area contributed by atoms with Crippen molar-refractivity contribution in [1.29, 1.82) is 0 Å². The third kappa shape index (κ3) is 5.84. The van der Waals surface area contributed by atoms with E-state index in [1.54, 1.807) is 12.3 Å². The fourth-order valence-corrected chi connectivity index (χ4v) is 3.02. The van der Waals surface area contributed by atoms with Crippen molar-refractivity contribution in [3.8, 4) is 0 Å². The van der Waals surface area contributed by atoms with Gasteiger partial charge in [0.05, 0.1) is 5.02 Å². The summed E-state index contributed by atoms with van der Waals surface area (Å²) in [5.41, 5.74) is 0.676. The number of halogens is 1. The normalized spacial score (nSPS) is 17.0. The van der Waals surface area contributed by atoms with Crippen molar-refractivity contribution < 1.29 is 9.90 Å². The second kappa shape index (κ2) is 8.31. The number of likely N-dealkylation sites (tertiary alicyclic amines) is 1.